The Morgan fingerprint density at radius 1 is 1.15 bits per heavy atom. The highest BCUT2D eigenvalue weighted by atomic mass is 32.2. The van der Waals surface area contributed by atoms with Crippen LogP contribution in [-0.2, 0) is 11.3 Å². The highest BCUT2D eigenvalue weighted by molar-refractivity contribution is 8.00. The topological polar surface area (TPSA) is 131 Å². The number of hydrogen-bond acceptors (Lipinski definition) is 9. The lowest BCUT2D eigenvalue weighted by atomic mass is 9.91. The first kappa shape index (κ1) is 22.5. The molecule has 10 nitrogen and oxygen atoms in total. The first-order valence-electron chi connectivity index (χ1n) is 11.2. The van der Waals surface area contributed by atoms with E-state index in [1.165, 1.54) is 18.9 Å². The Balaban J connectivity index is 1.14. The van der Waals surface area contributed by atoms with Gasteiger partial charge in [0.15, 0.2) is 5.82 Å². The third-order valence-corrected chi connectivity index (χ3v) is 7.00. The second kappa shape index (κ2) is 9.90. The summed E-state index contributed by atoms with van der Waals surface area (Å²) in [5.74, 6) is 1.11. The summed E-state index contributed by atoms with van der Waals surface area (Å²) in [5, 5.41) is 10.2. The molecule has 3 N–H and O–H groups in total. The minimum atomic E-state index is -0.145. The monoisotopic (exact) mass is 479 g/mol. The smallest absolute Gasteiger partial charge is 0.253 e. The molecule has 1 fully saturated rings. The SMILES string of the molecule is COc1cnc2cccc(C(=O)N[C@H]3CC[C@H](NCc4cnc5c(n4)NC(=O)CS5)CC3)c2n1. The number of methoxy groups -OCH3 is 1. The predicted molar refractivity (Wildman–Crippen MR) is 128 cm³/mol. The van der Waals surface area contributed by atoms with Crippen molar-refractivity contribution in [2.45, 2.75) is 49.3 Å². The van der Waals surface area contributed by atoms with E-state index in [1.807, 2.05) is 12.1 Å². The molecule has 0 bridgehead atoms. The van der Waals surface area contributed by atoms with Crippen molar-refractivity contribution in [3.05, 3.63) is 41.9 Å². The number of carbonyl (C=O) groups is 2. The first-order chi connectivity index (χ1) is 16.6. The van der Waals surface area contributed by atoms with Crippen LogP contribution < -0.4 is 20.7 Å². The van der Waals surface area contributed by atoms with Crippen molar-refractivity contribution in [2.75, 3.05) is 18.2 Å². The molecule has 34 heavy (non-hydrogen) atoms. The van der Waals surface area contributed by atoms with Gasteiger partial charge in [-0.25, -0.2) is 19.9 Å². The minimum Gasteiger partial charge on any atom is -0.480 e. The second-order valence-corrected chi connectivity index (χ2v) is 9.30. The van der Waals surface area contributed by atoms with E-state index < -0.39 is 0 Å². The zero-order chi connectivity index (χ0) is 23.5. The average molecular weight is 480 g/mol. The summed E-state index contributed by atoms with van der Waals surface area (Å²) in [6.07, 6.45) is 6.95. The van der Waals surface area contributed by atoms with Crippen LogP contribution in [0, 0.1) is 0 Å². The van der Waals surface area contributed by atoms with Gasteiger partial charge in [-0.15, -0.1) is 0 Å². The normalized spacial score (nSPS) is 19.9. The Hall–Kier alpha value is -3.31. The summed E-state index contributed by atoms with van der Waals surface area (Å²) in [6, 6.07) is 5.85. The predicted octanol–water partition coefficient (Wildman–Crippen LogP) is 2.30. The van der Waals surface area contributed by atoms with Crippen molar-refractivity contribution >= 4 is 40.4 Å². The lowest BCUT2D eigenvalue weighted by Crippen LogP contribution is -2.42. The number of ether oxygens (including phenoxy) is 1. The standard InChI is InChI=1S/C23H25N7O3S/c1-33-19-11-25-17-4-2-3-16(20(17)30-19)22(32)28-14-7-5-13(6-8-14)24-9-15-10-26-23-21(27-15)29-18(31)12-34-23/h2-4,10-11,13-14,24H,5-9,12H2,1H3,(H,28,32)(H,27,29,31)/t13-,14-. The van der Waals surface area contributed by atoms with E-state index in [-0.39, 0.29) is 17.9 Å². The molecule has 3 aromatic rings. The van der Waals surface area contributed by atoms with E-state index in [4.69, 9.17) is 4.74 Å². The highest BCUT2D eigenvalue weighted by Gasteiger charge is 2.24. The first-order valence-corrected chi connectivity index (χ1v) is 12.2. The zero-order valence-electron chi connectivity index (χ0n) is 18.7. The molecule has 2 amide bonds. The molecule has 0 atom stereocenters. The number of anilines is 1. The summed E-state index contributed by atoms with van der Waals surface area (Å²) in [4.78, 5) is 42.2. The maximum Gasteiger partial charge on any atom is 0.253 e. The molecule has 2 aliphatic rings. The number of nitrogens with zero attached hydrogens (tertiary/aromatic N) is 4. The third kappa shape index (κ3) is 4.95. The number of rotatable bonds is 6. The molecular weight excluding hydrogens is 454 g/mol. The van der Waals surface area contributed by atoms with E-state index in [2.05, 4.69) is 35.9 Å². The van der Waals surface area contributed by atoms with E-state index in [9.17, 15) is 9.59 Å². The van der Waals surface area contributed by atoms with Crippen LogP contribution in [0.15, 0.2) is 35.6 Å². The molecule has 2 aromatic heterocycles. The number of amides is 2. The number of carbonyl (C=O) groups excluding carboxylic acids is 2. The Bertz CT molecular complexity index is 1230. The van der Waals surface area contributed by atoms with Gasteiger partial charge in [0, 0.05) is 18.6 Å². The fourth-order valence-electron chi connectivity index (χ4n) is 4.24. The van der Waals surface area contributed by atoms with Crippen molar-refractivity contribution in [3.8, 4) is 5.88 Å². The number of fused-ring (bicyclic) bond motifs is 2. The molecule has 0 unspecified atom stereocenters. The van der Waals surface area contributed by atoms with Crippen molar-refractivity contribution < 1.29 is 14.3 Å². The van der Waals surface area contributed by atoms with E-state index in [1.54, 1.807) is 18.5 Å². The molecular formula is C23H25N7O3S. The zero-order valence-corrected chi connectivity index (χ0v) is 19.5. The number of nitrogens with one attached hydrogen (secondary N) is 3. The number of hydrogen-bond donors (Lipinski definition) is 3. The molecule has 1 aliphatic carbocycles. The number of aromatic nitrogens is 4. The largest absolute Gasteiger partial charge is 0.480 e. The third-order valence-electron chi connectivity index (χ3n) is 6.03. The Morgan fingerprint density at radius 3 is 2.79 bits per heavy atom. The molecule has 11 heteroatoms. The summed E-state index contributed by atoms with van der Waals surface area (Å²) in [5.41, 5.74) is 2.49. The van der Waals surface area contributed by atoms with Gasteiger partial charge in [0.25, 0.3) is 5.91 Å². The Kier molecular flexibility index (Phi) is 6.54. The van der Waals surface area contributed by atoms with Crippen LogP contribution in [0.2, 0.25) is 0 Å². The van der Waals surface area contributed by atoms with E-state index in [0.717, 1.165) is 36.4 Å². The molecule has 176 valence electrons. The van der Waals surface area contributed by atoms with Crippen LogP contribution >= 0.6 is 11.8 Å². The quantitative estimate of drug-likeness (QED) is 0.487. The fraction of sp³-hybridized carbons (Fsp3) is 0.391. The highest BCUT2D eigenvalue weighted by Crippen LogP contribution is 2.27. The number of benzene rings is 1. The van der Waals surface area contributed by atoms with E-state index in [0.29, 0.717) is 46.6 Å². The van der Waals surface area contributed by atoms with E-state index >= 15 is 0 Å². The van der Waals surface area contributed by atoms with Crippen molar-refractivity contribution in [3.63, 3.8) is 0 Å². The fourth-order valence-corrected chi connectivity index (χ4v) is 4.94. The average Bonchev–Trinajstić information content (AvgIpc) is 2.87. The molecule has 1 saturated carbocycles. The lowest BCUT2D eigenvalue weighted by Gasteiger charge is -2.30. The molecule has 5 rings (SSSR count). The van der Waals surface area contributed by atoms with Crippen LogP contribution in [0.25, 0.3) is 11.0 Å². The van der Waals surface area contributed by atoms with Gasteiger partial charge < -0.3 is 20.7 Å². The molecule has 1 aromatic carbocycles. The van der Waals surface area contributed by atoms with Crippen molar-refractivity contribution in [1.82, 2.24) is 30.6 Å². The van der Waals surface area contributed by atoms with Crippen LogP contribution in [0.5, 0.6) is 5.88 Å². The van der Waals surface area contributed by atoms with Gasteiger partial charge in [0.1, 0.15) is 10.5 Å². The maximum atomic E-state index is 13.0. The molecule has 3 heterocycles. The Labute approximate surface area is 200 Å². The van der Waals surface area contributed by atoms with Gasteiger partial charge >= 0.3 is 0 Å². The number of thioether (sulfide) groups is 1. The van der Waals surface area contributed by atoms with Crippen molar-refractivity contribution in [1.29, 1.82) is 0 Å². The number of para-hydroxylation sites is 1. The Morgan fingerprint density at radius 2 is 1.97 bits per heavy atom. The van der Waals surface area contributed by atoms with Crippen LogP contribution in [0.3, 0.4) is 0 Å². The molecule has 0 spiro atoms. The van der Waals surface area contributed by atoms with Gasteiger partial charge in [0.2, 0.25) is 11.8 Å². The summed E-state index contributed by atoms with van der Waals surface area (Å²) < 4.78 is 5.17. The maximum absolute atomic E-state index is 13.0. The molecule has 1 aliphatic heterocycles. The second-order valence-electron chi connectivity index (χ2n) is 8.34. The van der Waals surface area contributed by atoms with Crippen LogP contribution in [0.1, 0.15) is 41.7 Å². The summed E-state index contributed by atoms with van der Waals surface area (Å²) in [7, 11) is 1.53. The lowest BCUT2D eigenvalue weighted by molar-refractivity contribution is -0.113. The van der Waals surface area contributed by atoms with Crippen molar-refractivity contribution in [2.24, 2.45) is 0 Å². The summed E-state index contributed by atoms with van der Waals surface area (Å²) in [6.45, 7) is 0.582. The van der Waals surface area contributed by atoms with Crippen LogP contribution in [-0.4, -0.2) is 56.7 Å². The van der Waals surface area contributed by atoms with Gasteiger partial charge in [-0.1, -0.05) is 17.8 Å². The molecule has 0 radical (unpaired) electrons. The van der Waals surface area contributed by atoms with Gasteiger partial charge in [-0.3, -0.25) is 9.59 Å². The minimum absolute atomic E-state index is 0.0491. The van der Waals surface area contributed by atoms with Crippen LogP contribution in [0.4, 0.5) is 5.82 Å². The summed E-state index contributed by atoms with van der Waals surface area (Å²) >= 11 is 1.40. The molecule has 0 saturated heterocycles. The van der Waals surface area contributed by atoms with Gasteiger partial charge in [0.05, 0.1) is 42.0 Å². The van der Waals surface area contributed by atoms with Gasteiger partial charge in [-0.05, 0) is 37.8 Å². The van der Waals surface area contributed by atoms with Gasteiger partial charge in [-0.2, -0.15) is 0 Å².